The van der Waals surface area contributed by atoms with E-state index in [1.54, 1.807) is 4.88 Å². The van der Waals surface area contributed by atoms with Gasteiger partial charge >= 0.3 is 0 Å². The van der Waals surface area contributed by atoms with Gasteiger partial charge in [-0.05, 0) is 54.6 Å². The number of thiophene rings is 1. The summed E-state index contributed by atoms with van der Waals surface area (Å²) in [7, 11) is 2.00. The highest BCUT2D eigenvalue weighted by Crippen LogP contribution is 2.25. The highest BCUT2D eigenvalue weighted by molar-refractivity contribution is 7.10. The van der Waals surface area contributed by atoms with Crippen molar-refractivity contribution in [3.8, 4) is 0 Å². The molecule has 0 unspecified atom stereocenters. The zero-order chi connectivity index (χ0) is 13.8. The molecule has 1 aliphatic heterocycles. The maximum absolute atomic E-state index is 3.20. The normalized spacial score (nSPS) is 15.2. The third-order valence-electron chi connectivity index (χ3n) is 3.98. The van der Waals surface area contributed by atoms with E-state index in [0.29, 0.717) is 0 Å². The van der Waals surface area contributed by atoms with Gasteiger partial charge in [-0.25, -0.2) is 0 Å². The zero-order valence-electron chi connectivity index (χ0n) is 12.1. The number of rotatable bonds is 5. The first-order valence-electron chi connectivity index (χ1n) is 7.35. The molecule has 2 aromatic rings. The summed E-state index contributed by atoms with van der Waals surface area (Å²) in [5.41, 5.74) is 4.38. The summed E-state index contributed by atoms with van der Waals surface area (Å²) in [4.78, 5) is 4.14. The van der Waals surface area contributed by atoms with Gasteiger partial charge in [0, 0.05) is 24.5 Å². The molecule has 0 radical (unpaired) electrons. The third-order valence-corrected chi connectivity index (χ3v) is 5.00. The molecule has 1 aromatic carbocycles. The number of nitrogens with zero attached hydrogens (tertiary/aromatic N) is 1. The summed E-state index contributed by atoms with van der Waals surface area (Å²) < 4.78 is 0. The molecule has 0 spiro atoms. The Morgan fingerprint density at radius 1 is 1.15 bits per heavy atom. The lowest BCUT2D eigenvalue weighted by atomic mass is 10.1. The smallest absolute Gasteiger partial charge is 0.0248 e. The van der Waals surface area contributed by atoms with E-state index in [4.69, 9.17) is 0 Å². The molecule has 20 heavy (non-hydrogen) atoms. The summed E-state index contributed by atoms with van der Waals surface area (Å²) in [6.07, 6.45) is 2.33. The quantitative estimate of drug-likeness (QED) is 0.909. The number of hydrogen-bond donors (Lipinski definition) is 1. The van der Waals surface area contributed by atoms with Gasteiger partial charge in [0.25, 0.3) is 0 Å². The van der Waals surface area contributed by atoms with Crippen LogP contribution in [-0.2, 0) is 25.9 Å². The van der Waals surface area contributed by atoms with Gasteiger partial charge in [0.15, 0.2) is 0 Å². The van der Waals surface area contributed by atoms with Crippen molar-refractivity contribution in [3.05, 3.63) is 57.3 Å². The van der Waals surface area contributed by atoms with Crippen molar-refractivity contribution in [3.63, 3.8) is 0 Å². The maximum Gasteiger partial charge on any atom is 0.0248 e. The minimum absolute atomic E-state index is 1.05. The number of nitrogens with one attached hydrogen (secondary N) is 1. The van der Waals surface area contributed by atoms with Crippen molar-refractivity contribution in [1.82, 2.24) is 10.2 Å². The number of fused-ring (bicyclic) bond motifs is 1. The van der Waals surface area contributed by atoms with Crippen LogP contribution in [0.1, 0.15) is 21.6 Å². The van der Waals surface area contributed by atoms with E-state index < -0.39 is 0 Å². The van der Waals surface area contributed by atoms with Crippen molar-refractivity contribution in [2.45, 2.75) is 25.9 Å². The van der Waals surface area contributed by atoms with Crippen molar-refractivity contribution < 1.29 is 0 Å². The molecule has 0 bridgehead atoms. The van der Waals surface area contributed by atoms with Crippen LogP contribution in [0.15, 0.2) is 35.7 Å². The van der Waals surface area contributed by atoms with Gasteiger partial charge in [-0.3, -0.25) is 4.90 Å². The first-order valence-corrected chi connectivity index (χ1v) is 8.23. The molecule has 0 saturated heterocycles. The summed E-state index contributed by atoms with van der Waals surface area (Å²) in [5.74, 6) is 0. The Balaban J connectivity index is 1.58. The fraction of sp³-hybridized carbons (Fsp3) is 0.412. The van der Waals surface area contributed by atoms with Crippen LogP contribution in [0.4, 0.5) is 0 Å². The average molecular weight is 286 g/mol. The molecule has 2 heterocycles. The van der Waals surface area contributed by atoms with Crippen molar-refractivity contribution in [2.24, 2.45) is 0 Å². The monoisotopic (exact) mass is 286 g/mol. The van der Waals surface area contributed by atoms with Crippen molar-refractivity contribution in [1.29, 1.82) is 0 Å². The Labute approximate surface area is 125 Å². The Morgan fingerprint density at radius 3 is 2.75 bits per heavy atom. The molecule has 1 N–H and O–H groups in total. The van der Waals surface area contributed by atoms with Crippen LogP contribution >= 0.6 is 11.3 Å². The Kier molecular flexibility index (Phi) is 4.51. The van der Waals surface area contributed by atoms with Crippen LogP contribution in [0, 0.1) is 0 Å². The second-order valence-electron chi connectivity index (χ2n) is 5.50. The number of hydrogen-bond acceptors (Lipinski definition) is 3. The summed E-state index contributed by atoms with van der Waals surface area (Å²) in [6.45, 7) is 4.42. The first kappa shape index (κ1) is 13.8. The summed E-state index contributed by atoms with van der Waals surface area (Å²) in [6, 6.07) is 11.4. The fourth-order valence-electron chi connectivity index (χ4n) is 2.78. The van der Waals surface area contributed by atoms with E-state index >= 15 is 0 Å². The molecular formula is C17H22N2S. The van der Waals surface area contributed by atoms with Crippen LogP contribution in [-0.4, -0.2) is 25.0 Å². The lowest BCUT2D eigenvalue weighted by Crippen LogP contribution is -2.29. The fourth-order valence-corrected chi connectivity index (χ4v) is 3.67. The molecule has 1 aliphatic rings. The van der Waals surface area contributed by atoms with Gasteiger partial charge in [0.1, 0.15) is 0 Å². The minimum Gasteiger partial charge on any atom is -0.319 e. The molecule has 106 valence electrons. The standard InChI is InChI=1S/C17H22N2S/c1-18-9-6-14-2-4-15(5-3-14)12-19-10-7-17-16(13-19)8-11-20-17/h2-5,8,11,18H,6-7,9-10,12-13H2,1H3. The van der Waals surface area contributed by atoms with Gasteiger partial charge in [0.2, 0.25) is 0 Å². The van der Waals surface area contributed by atoms with Gasteiger partial charge in [-0.15, -0.1) is 11.3 Å². The summed E-state index contributed by atoms with van der Waals surface area (Å²) in [5, 5.41) is 5.42. The summed E-state index contributed by atoms with van der Waals surface area (Å²) >= 11 is 1.91. The van der Waals surface area contributed by atoms with E-state index in [1.165, 1.54) is 29.7 Å². The van der Waals surface area contributed by atoms with Crippen LogP contribution in [0.25, 0.3) is 0 Å². The van der Waals surface area contributed by atoms with Crippen LogP contribution < -0.4 is 5.32 Å². The molecule has 0 saturated carbocycles. The van der Waals surface area contributed by atoms with Crippen molar-refractivity contribution >= 4 is 11.3 Å². The minimum atomic E-state index is 1.05. The molecule has 0 fully saturated rings. The van der Waals surface area contributed by atoms with E-state index in [1.807, 2.05) is 18.4 Å². The molecule has 3 heteroatoms. The third kappa shape index (κ3) is 3.29. The first-order chi connectivity index (χ1) is 9.85. The molecule has 3 rings (SSSR count). The topological polar surface area (TPSA) is 15.3 Å². The predicted molar refractivity (Wildman–Crippen MR) is 86.2 cm³/mol. The second kappa shape index (κ2) is 6.53. The van der Waals surface area contributed by atoms with Crippen LogP contribution in [0.2, 0.25) is 0 Å². The highest BCUT2D eigenvalue weighted by Gasteiger charge is 2.16. The Morgan fingerprint density at radius 2 is 1.95 bits per heavy atom. The number of likely N-dealkylation sites (N-methyl/N-ethyl adjacent to an activating group) is 1. The SMILES string of the molecule is CNCCc1ccc(CN2CCc3sccc3C2)cc1. The highest BCUT2D eigenvalue weighted by atomic mass is 32.1. The lowest BCUT2D eigenvalue weighted by Gasteiger charge is -2.26. The number of benzene rings is 1. The maximum atomic E-state index is 3.20. The van der Waals surface area contributed by atoms with E-state index in [-0.39, 0.29) is 0 Å². The Bertz CT molecular complexity index is 544. The molecular weight excluding hydrogens is 264 g/mol. The zero-order valence-corrected chi connectivity index (χ0v) is 12.9. The van der Waals surface area contributed by atoms with Crippen LogP contribution in [0.5, 0.6) is 0 Å². The molecule has 2 nitrogen and oxygen atoms in total. The molecule has 0 aliphatic carbocycles. The second-order valence-corrected chi connectivity index (χ2v) is 6.50. The largest absolute Gasteiger partial charge is 0.319 e. The van der Waals surface area contributed by atoms with E-state index in [0.717, 1.165) is 26.1 Å². The Hall–Kier alpha value is -1.16. The molecule has 1 aromatic heterocycles. The van der Waals surface area contributed by atoms with Crippen molar-refractivity contribution in [2.75, 3.05) is 20.1 Å². The van der Waals surface area contributed by atoms with E-state index in [2.05, 4.69) is 45.9 Å². The van der Waals surface area contributed by atoms with Gasteiger partial charge < -0.3 is 5.32 Å². The van der Waals surface area contributed by atoms with Gasteiger partial charge in [-0.1, -0.05) is 24.3 Å². The molecule has 0 atom stereocenters. The van der Waals surface area contributed by atoms with Gasteiger partial charge in [0.05, 0.1) is 0 Å². The van der Waals surface area contributed by atoms with Gasteiger partial charge in [-0.2, -0.15) is 0 Å². The molecule has 0 amide bonds. The lowest BCUT2D eigenvalue weighted by molar-refractivity contribution is 0.247. The predicted octanol–water partition coefficient (Wildman–Crippen LogP) is 3.07. The van der Waals surface area contributed by atoms with Crippen LogP contribution in [0.3, 0.4) is 0 Å². The van der Waals surface area contributed by atoms with E-state index in [9.17, 15) is 0 Å². The average Bonchev–Trinajstić information content (AvgIpc) is 2.94.